The summed E-state index contributed by atoms with van der Waals surface area (Å²) in [5.41, 5.74) is 0. The van der Waals surface area contributed by atoms with Crippen LogP contribution in [0.1, 0.15) is 19.9 Å². The summed E-state index contributed by atoms with van der Waals surface area (Å²) in [6.07, 6.45) is 3.03. The highest BCUT2D eigenvalue weighted by atomic mass is 16.2. The van der Waals surface area contributed by atoms with Crippen molar-refractivity contribution >= 4 is 5.91 Å². The average molecular weight is 223 g/mol. The zero-order chi connectivity index (χ0) is 11.5. The Kier molecular flexibility index (Phi) is 3.19. The first-order valence-electron chi connectivity index (χ1n) is 5.59. The molecule has 1 amide bonds. The third-order valence-corrected chi connectivity index (χ3v) is 3.02. The maximum absolute atomic E-state index is 12.2. The van der Waals surface area contributed by atoms with Crippen molar-refractivity contribution in [3.05, 3.63) is 12.7 Å². The summed E-state index contributed by atoms with van der Waals surface area (Å²) < 4.78 is 1.59. The molecular formula is C10H17N5O. The van der Waals surface area contributed by atoms with E-state index < -0.39 is 0 Å². The summed E-state index contributed by atoms with van der Waals surface area (Å²) in [6.45, 7) is 6.38. The molecule has 1 saturated heterocycles. The van der Waals surface area contributed by atoms with Crippen molar-refractivity contribution < 1.29 is 4.79 Å². The number of carbonyl (C=O) groups is 1. The van der Waals surface area contributed by atoms with Gasteiger partial charge in [0.2, 0.25) is 5.91 Å². The molecule has 1 unspecified atom stereocenters. The largest absolute Gasteiger partial charge is 0.336 e. The number of hydrogen-bond donors (Lipinski definition) is 1. The van der Waals surface area contributed by atoms with E-state index in [0.29, 0.717) is 6.04 Å². The van der Waals surface area contributed by atoms with Gasteiger partial charge in [0.15, 0.2) is 0 Å². The van der Waals surface area contributed by atoms with Crippen LogP contribution in [0.5, 0.6) is 0 Å². The van der Waals surface area contributed by atoms with Gasteiger partial charge < -0.3 is 10.2 Å². The number of hydrogen-bond acceptors (Lipinski definition) is 4. The van der Waals surface area contributed by atoms with Gasteiger partial charge in [-0.25, -0.2) is 9.67 Å². The number of nitrogens with one attached hydrogen (secondary N) is 1. The van der Waals surface area contributed by atoms with Crippen LogP contribution in [0, 0.1) is 0 Å². The topological polar surface area (TPSA) is 63.1 Å². The van der Waals surface area contributed by atoms with Gasteiger partial charge in [0.05, 0.1) is 6.04 Å². The Morgan fingerprint density at radius 2 is 2.44 bits per heavy atom. The summed E-state index contributed by atoms with van der Waals surface area (Å²) >= 11 is 0. The van der Waals surface area contributed by atoms with E-state index in [1.165, 1.54) is 6.33 Å². The Balaban J connectivity index is 2.04. The van der Waals surface area contributed by atoms with E-state index in [0.717, 1.165) is 19.6 Å². The number of amides is 1. The molecule has 1 aromatic rings. The van der Waals surface area contributed by atoms with Crippen molar-refractivity contribution in [2.24, 2.45) is 0 Å². The monoisotopic (exact) mass is 223 g/mol. The molecule has 16 heavy (non-hydrogen) atoms. The van der Waals surface area contributed by atoms with Gasteiger partial charge in [-0.1, -0.05) is 0 Å². The van der Waals surface area contributed by atoms with Crippen LogP contribution in [-0.2, 0) is 4.79 Å². The number of carbonyl (C=O) groups excluding carboxylic acids is 1. The summed E-state index contributed by atoms with van der Waals surface area (Å²) in [4.78, 5) is 18.0. The lowest BCUT2D eigenvalue weighted by atomic mass is 10.1. The van der Waals surface area contributed by atoms with Gasteiger partial charge in [-0.05, 0) is 13.8 Å². The smallest absolute Gasteiger partial charge is 0.247 e. The molecule has 0 aromatic carbocycles. The van der Waals surface area contributed by atoms with Crippen LogP contribution in [0.4, 0.5) is 0 Å². The van der Waals surface area contributed by atoms with E-state index in [2.05, 4.69) is 15.4 Å². The highest BCUT2D eigenvalue weighted by Gasteiger charge is 2.30. The number of aromatic nitrogens is 3. The van der Waals surface area contributed by atoms with Gasteiger partial charge in [0.25, 0.3) is 0 Å². The minimum absolute atomic E-state index is 0.111. The van der Waals surface area contributed by atoms with Gasteiger partial charge in [-0.2, -0.15) is 5.10 Å². The SMILES string of the molecule is CCN(C(=O)C(C)n1cncn1)C1CNC1. The molecule has 2 rings (SSSR count). The molecule has 0 radical (unpaired) electrons. The Hall–Kier alpha value is -1.43. The maximum Gasteiger partial charge on any atom is 0.247 e. The first-order valence-corrected chi connectivity index (χ1v) is 5.59. The zero-order valence-corrected chi connectivity index (χ0v) is 9.63. The van der Waals surface area contributed by atoms with Crippen molar-refractivity contribution in [3.63, 3.8) is 0 Å². The molecule has 0 saturated carbocycles. The highest BCUT2D eigenvalue weighted by Crippen LogP contribution is 2.13. The minimum Gasteiger partial charge on any atom is -0.336 e. The van der Waals surface area contributed by atoms with E-state index >= 15 is 0 Å². The summed E-state index contributed by atoms with van der Waals surface area (Å²) in [6, 6.07) is 0.0616. The lowest BCUT2D eigenvalue weighted by molar-refractivity contribution is -0.137. The van der Waals surface area contributed by atoms with Crippen LogP contribution in [0.3, 0.4) is 0 Å². The molecular weight excluding hydrogens is 206 g/mol. The Labute approximate surface area is 94.6 Å². The van der Waals surface area contributed by atoms with Crippen molar-refractivity contribution in [1.82, 2.24) is 25.0 Å². The predicted octanol–water partition coefficient (Wildman–Crippen LogP) is -0.341. The average Bonchev–Trinajstić information content (AvgIpc) is 2.74. The molecule has 1 aliphatic rings. The third-order valence-electron chi connectivity index (χ3n) is 3.02. The highest BCUT2D eigenvalue weighted by molar-refractivity contribution is 5.80. The molecule has 1 aromatic heterocycles. The van der Waals surface area contributed by atoms with Gasteiger partial charge in [-0.3, -0.25) is 4.79 Å². The second kappa shape index (κ2) is 4.61. The van der Waals surface area contributed by atoms with Crippen molar-refractivity contribution in [2.75, 3.05) is 19.6 Å². The number of nitrogens with zero attached hydrogens (tertiary/aromatic N) is 4. The van der Waals surface area contributed by atoms with E-state index in [1.807, 2.05) is 18.7 Å². The molecule has 1 N–H and O–H groups in total. The second-order valence-corrected chi connectivity index (χ2v) is 3.99. The maximum atomic E-state index is 12.2. The van der Waals surface area contributed by atoms with E-state index in [1.54, 1.807) is 11.0 Å². The minimum atomic E-state index is -0.275. The van der Waals surface area contributed by atoms with Crippen LogP contribution in [0.25, 0.3) is 0 Å². The summed E-state index contributed by atoms with van der Waals surface area (Å²) in [7, 11) is 0. The fraction of sp³-hybridized carbons (Fsp3) is 0.700. The fourth-order valence-corrected chi connectivity index (χ4v) is 1.86. The Morgan fingerprint density at radius 1 is 1.69 bits per heavy atom. The molecule has 6 heteroatoms. The molecule has 1 fully saturated rings. The van der Waals surface area contributed by atoms with Gasteiger partial charge in [0, 0.05) is 19.6 Å². The Bertz CT molecular complexity index is 346. The van der Waals surface area contributed by atoms with Crippen molar-refractivity contribution in [1.29, 1.82) is 0 Å². The van der Waals surface area contributed by atoms with Gasteiger partial charge in [0.1, 0.15) is 18.7 Å². The van der Waals surface area contributed by atoms with E-state index in [9.17, 15) is 4.79 Å². The molecule has 1 aliphatic heterocycles. The lowest BCUT2D eigenvalue weighted by Gasteiger charge is -2.38. The molecule has 1 atom stereocenters. The molecule has 6 nitrogen and oxygen atoms in total. The molecule has 2 heterocycles. The second-order valence-electron chi connectivity index (χ2n) is 3.99. The van der Waals surface area contributed by atoms with E-state index in [-0.39, 0.29) is 11.9 Å². The molecule has 0 bridgehead atoms. The standard InChI is InChI=1S/C10H17N5O/c1-3-14(9-4-11-5-9)10(16)8(2)15-7-12-6-13-15/h6-9,11H,3-5H2,1-2H3. The van der Waals surface area contributed by atoms with Crippen LogP contribution >= 0.6 is 0 Å². The van der Waals surface area contributed by atoms with Crippen LogP contribution in [0.15, 0.2) is 12.7 Å². The first-order chi connectivity index (χ1) is 7.74. The number of rotatable bonds is 4. The summed E-state index contributed by atoms with van der Waals surface area (Å²) in [5, 5.41) is 7.18. The fourth-order valence-electron chi connectivity index (χ4n) is 1.86. The van der Waals surface area contributed by atoms with Gasteiger partial charge in [-0.15, -0.1) is 0 Å². The summed E-state index contributed by atoms with van der Waals surface area (Å²) in [5.74, 6) is 0.111. The van der Waals surface area contributed by atoms with Crippen molar-refractivity contribution in [3.8, 4) is 0 Å². The van der Waals surface area contributed by atoms with Crippen molar-refractivity contribution in [2.45, 2.75) is 25.9 Å². The van der Waals surface area contributed by atoms with Crippen LogP contribution in [0.2, 0.25) is 0 Å². The lowest BCUT2D eigenvalue weighted by Crippen LogP contribution is -2.59. The van der Waals surface area contributed by atoms with Gasteiger partial charge >= 0.3 is 0 Å². The first kappa shape index (κ1) is 11.1. The third kappa shape index (κ3) is 1.92. The quantitative estimate of drug-likeness (QED) is 0.758. The molecule has 0 aliphatic carbocycles. The number of likely N-dealkylation sites (N-methyl/N-ethyl adjacent to an activating group) is 1. The zero-order valence-electron chi connectivity index (χ0n) is 9.63. The predicted molar refractivity (Wildman–Crippen MR) is 58.8 cm³/mol. The van der Waals surface area contributed by atoms with Crippen LogP contribution in [-0.4, -0.2) is 51.2 Å². The van der Waals surface area contributed by atoms with E-state index in [4.69, 9.17) is 0 Å². The molecule has 88 valence electrons. The molecule has 0 spiro atoms. The van der Waals surface area contributed by atoms with Crippen LogP contribution < -0.4 is 5.32 Å². The normalized spacial score (nSPS) is 17.9. The Morgan fingerprint density at radius 3 is 2.88 bits per heavy atom.